The summed E-state index contributed by atoms with van der Waals surface area (Å²) in [5, 5.41) is 10.5. The van der Waals surface area contributed by atoms with Crippen LogP contribution in [-0.2, 0) is 28.7 Å². The van der Waals surface area contributed by atoms with Crippen LogP contribution < -0.4 is 21.1 Å². The standard InChI is InChI=1S/C27H33F3N8O3/c1-4-20-23(36-13-11-31-12-14-36)25(40)38-26(34-24(35-38)17-5-7-18(41-3)8-6-17)37(20)15-22(39)33-19-9-10-21(27(28,29)30)32-16(19)2/h5,9-10,18,31H,4,6-8,11-15H2,1-3H3,(H,33,39)/t18-/m0/s1. The zero-order chi connectivity index (χ0) is 29.3. The van der Waals surface area contributed by atoms with Crippen molar-refractivity contribution in [2.45, 2.75) is 58.4 Å². The fourth-order valence-electron chi connectivity index (χ4n) is 5.37. The molecule has 14 heteroatoms. The minimum absolute atomic E-state index is 0.0406. The van der Waals surface area contributed by atoms with Crippen LogP contribution in [0, 0.1) is 6.92 Å². The first-order chi connectivity index (χ1) is 19.6. The Labute approximate surface area is 234 Å². The molecule has 41 heavy (non-hydrogen) atoms. The highest BCUT2D eigenvalue weighted by Gasteiger charge is 2.33. The summed E-state index contributed by atoms with van der Waals surface area (Å²) < 4.78 is 47.6. The van der Waals surface area contributed by atoms with Crippen molar-refractivity contribution in [3.63, 3.8) is 0 Å². The number of halogens is 3. The van der Waals surface area contributed by atoms with Gasteiger partial charge in [0.2, 0.25) is 11.7 Å². The third-order valence-electron chi connectivity index (χ3n) is 7.53. The van der Waals surface area contributed by atoms with E-state index in [9.17, 15) is 22.8 Å². The van der Waals surface area contributed by atoms with Crippen molar-refractivity contribution < 1.29 is 22.7 Å². The molecule has 220 valence electrons. The fraction of sp³-hybridized carbons (Fsp3) is 0.519. The summed E-state index contributed by atoms with van der Waals surface area (Å²) >= 11 is 0. The quantitative estimate of drug-likeness (QED) is 0.443. The van der Waals surface area contributed by atoms with Gasteiger partial charge in [0.25, 0.3) is 5.56 Å². The van der Waals surface area contributed by atoms with Gasteiger partial charge >= 0.3 is 6.18 Å². The molecule has 0 aromatic carbocycles. The van der Waals surface area contributed by atoms with Crippen LogP contribution in [0.3, 0.4) is 0 Å². The Morgan fingerprint density at radius 1 is 1.22 bits per heavy atom. The maximum Gasteiger partial charge on any atom is 0.433 e. The molecule has 0 radical (unpaired) electrons. The SMILES string of the molecule is CCc1c(N2CCNCC2)c(=O)n2nc(C3=CC[C@H](OC)CC3)nc2n1CC(=O)Nc1ccc(C(F)(F)F)nc1C. The molecule has 0 spiro atoms. The highest BCUT2D eigenvalue weighted by Crippen LogP contribution is 2.30. The number of nitrogens with one attached hydrogen (secondary N) is 2. The number of rotatable bonds is 7. The maximum absolute atomic E-state index is 13.8. The van der Waals surface area contributed by atoms with E-state index in [2.05, 4.69) is 20.7 Å². The molecule has 1 aliphatic heterocycles. The van der Waals surface area contributed by atoms with Gasteiger partial charge in [-0.1, -0.05) is 13.0 Å². The number of piperazine rings is 1. The number of hydrogen-bond donors (Lipinski definition) is 2. The molecule has 1 fully saturated rings. The van der Waals surface area contributed by atoms with E-state index in [-0.39, 0.29) is 35.4 Å². The number of methoxy groups -OCH3 is 1. The summed E-state index contributed by atoms with van der Waals surface area (Å²) in [5.74, 6) is 0.159. The number of pyridine rings is 1. The summed E-state index contributed by atoms with van der Waals surface area (Å²) in [6.45, 7) is 5.72. The highest BCUT2D eigenvalue weighted by atomic mass is 19.4. The zero-order valence-electron chi connectivity index (χ0n) is 23.2. The van der Waals surface area contributed by atoms with Crippen LogP contribution in [0.2, 0.25) is 0 Å². The third kappa shape index (κ3) is 5.84. The second-order valence-corrected chi connectivity index (χ2v) is 10.2. The van der Waals surface area contributed by atoms with Crippen LogP contribution in [0.5, 0.6) is 0 Å². The Bertz CT molecular complexity index is 1540. The Morgan fingerprint density at radius 2 is 1.98 bits per heavy atom. The second kappa shape index (κ2) is 11.6. The van der Waals surface area contributed by atoms with Gasteiger partial charge in [-0.2, -0.15) is 22.7 Å². The molecule has 0 saturated carbocycles. The van der Waals surface area contributed by atoms with E-state index in [1.807, 2.05) is 17.9 Å². The zero-order valence-corrected chi connectivity index (χ0v) is 23.2. The monoisotopic (exact) mass is 574 g/mol. The number of carbonyl (C=O) groups is 1. The summed E-state index contributed by atoms with van der Waals surface area (Å²) in [7, 11) is 1.68. The van der Waals surface area contributed by atoms with Crippen molar-refractivity contribution >= 4 is 28.6 Å². The molecule has 0 bridgehead atoms. The van der Waals surface area contributed by atoms with Gasteiger partial charge in [0.1, 0.15) is 17.9 Å². The summed E-state index contributed by atoms with van der Waals surface area (Å²) in [6.07, 6.45) is 0.197. The number of alkyl halides is 3. The van der Waals surface area contributed by atoms with Gasteiger partial charge in [-0.15, -0.1) is 5.10 Å². The summed E-state index contributed by atoms with van der Waals surface area (Å²) in [4.78, 5) is 37.5. The summed E-state index contributed by atoms with van der Waals surface area (Å²) in [6, 6.07) is 2.02. The second-order valence-electron chi connectivity index (χ2n) is 10.2. The average molecular weight is 575 g/mol. The Morgan fingerprint density at radius 3 is 2.59 bits per heavy atom. The van der Waals surface area contributed by atoms with Crippen molar-refractivity contribution in [1.29, 1.82) is 0 Å². The molecule has 3 aromatic rings. The largest absolute Gasteiger partial charge is 0.433 e. The first-order valence-corrected chi connectivity index (χ1v) is 13.7. The number of carbonyl (C=O) groups excluding carboxylic acids is 1. The minimum atomic E-state index is -4.59. The van der Waals surface area contributed by atoms with E-state index in [1.54, 1.807) is 11.7 Å². The van der Waals surface area contributed by atoms with E-state index in [1.165, 1.54) is 17.5 Å². The highest BCUT2D eigenvalue weighted by molar-refractivity contribution is 5.91. The average Bonchev–Trinajstić information content (AvgIpc) is 3.41. The number of amides is 1. The van der Waals surface area contributed by atoms with Gasteiger partial charge in [-0.3, -0.25) is 9.59 Å². The first kappa shape index (κ1) is 28.7. The van der Waals surface area contributed by atoms with Gasteiger partial charge in [0.05, 0.1) is 23.2 Å². The molecule has 0 unspecified atom stereocenters. The van der Waals surface area contributed by atoms with Crippen molar-refractivity contribution in [3.8, 4) is 0 Å². The predicted molar refractivity (Wildman–Crippen MR) is 147 cm³/mol. The number of hydrogen-bond acceptors (Lipinski definition) is 8. The third-order valence-corrected chi connectivity index (χ3v) is 7.53. The van der Waals surface area contributed by atoms with Crippen LogP contribution in [-0.4, -0.2) is 69.4 Å². The molecule has 1 amide bonds. The van der Waals surface area contributed by atoms with Crippen molar-refractivity contribution in [2.75, 3.05) is 43.5 Å². The van der Waals surface area contributed by atoms with E-state index < -0.39 is 17.8 Å². The van der Waals surface area contributed by atoms with E-state index in [0.717, 1.165) is 18.1 Å². The number of ether oxygens (including phenoxy) is 1. The number of allylic oxidation sites excluding steroid dienone is 1. The van der Waals surface area contributed by atoms with E-state index >= 15 is 0 Å². The molecular formula is C27H33F3N8O3. The fourth-order valence-corrected chi connectivity index (χ4v) is 5.37. The smallest absolute Gasteiger partial charge is 0.381 e. The number of aryl methyl sites for hydroxylation is 1. The molecule has 2 aliphatic rings. The van der Waals surface area contributed by atoms with Crippen LogP contribution in [0.4, 0.5) is 24.5 Å². The molecule has 1 aliphatic carbocycles. The van der Waals surface area contributed by atoms with Gasteiger partial charge < -0.3 is 24.8 Å². The van der Waals surface area contributed by atoms with Gasteiger partial charge in [0.15, 0.2) is 5.82 Å². The lowest BCUT2D eigenvalue weighted by atomic mass is 9.97. The predicted octanol–water partition coefficient (Wildman–Crippen LogP) is 2.81. The van der Waals surface area contributed by atoms with Crippen LogP contribution in [0.15, 0.2) is 23.0 Å². The molecule has 5 rings (SSSR count). The number of aromatic nitrogens is 5. The van der Waals surface area contributed by atoms with Gasteiger partial charge in [-0.25, -0.2) is 4.98 Å². The molecule has 4 heterocycles. The molecular weight excluding hydrogens is 541 g/mol. The lowest BCUT2D eigenvalue weighted by molar-refractivity contribution is -0.141. The Hall–Kier alpha value is -3.78. The number of anilines is 2. The Kier molecular flexibility index (Phi) is 8.13. The van der Waals surface area contributed by atoms with Gasteiger partial charge in [0, 0.05) is 33.3 Å². The first-order valence-electron chi connectivity index (χ1n) is 13.7. The van der Waals surface area contributed by atoms with E-state index in [4.69, 9.17) is 9.72 Å². The summed E-state index contributed by atoms with van der Waals surface area (Å²) in [5.41, 5.74) is 0.886. The van der Waals surface area contributed by atoms with Gasteiger partial charge in [-0.05, 0) is 50.3 Å². The van der Waals surface area contributed by atoms with Crippen molar-refractivity contribution in [2.24, 2.45) is 0 Å². The van der Waals surface area contributed by atoms with E-state index in [0.29, 0.717) is 62.6 Å². The number of nitrogens with zero attached hydrogens (tertiary/aromatic N) is 6. The van der Waals surface area contributed by atoms with Crippen LogP contribution in [0.25, 0.3) is 11.4 Å². The molecule has 3 aromatic heterocycles. The van der Waals surface area contributed by atoms with Crippen molar-refractivity contribution in [3.05, 3.63) is 51.5 Å². The lowest BCUT2D eigenvalue weighted by Crippen LogP contribution is -2.47. The minimum Gasteiger partial charge on any atom is -0.381 e. The molecule has 1 saturated heterocycles. The maximum atomic E-state index is 13.8. The molecule has 1 atom stereocenters. The number of fused-ring (bicyclic) bond motifs is 1. The topological polar surface area (TPSA) is 119 Å². The van der Waals surface area contributed by atoms with Crippen molar-refractivity contribution in [1.82, 2.24) is 29.5 Å². The van der Waals surface area contributed by atoms with Crippen LogP contribution in [0.1, 0.15) is 49.1 Å². The lowest BCUT2D eigenvalue weighted by Gasteiger charge is -2.31. The Balaban J connectivity index is 1.56. The molecule has 2 N–H and O–H groups in total. The normalized spacial score (nSPS) is 18.0. The van der Waals surface area contributed by atoms with Crippen LogP contribution >= 0.6 is 0 Å². The molecule has 11 nitrogen and oxygen atoms in total.